The second-order valence-corrected chi connectivity index (χ2v) is 3.81. The van der Waals surface area contributed by atoms with Crippen LogP contribution in [0.25, 0.3) is 6.08 Å². The van der Waals surface area contributed by atoms with Crippen LogP contribution >= 0.6 is 11.3 Å². The van der Waals surface area contributed by atoms with Crippen LogP contribution in [-0.2, 0) is 11.4 Å². The molecule has 76 valence electrons. The summed E-state index contributed by atoms with van der Waals surface area (Å²) in [6, 6.07) is 0. The molecule has 0 saturated heterocycles. The second kappa shape index (κ2) is 5.51. The average molecular weight is 212 g/mol. The summed E-state index contributed by atoms with van der Waals surface area (Å²) in [7, 11) is 0. The number of rotatable bonds is 4. The van der Waals surface area contributed by atoms with Crippen LogP contribution in [0.3, 0.4) is 0 Å². The fourth-order valence-corrected chi connectivity index (χ4v) is 1.54. The Morgan fingerprint density at radius 3 is 3.14 bits per heavy atom. The highest BCUT2D eigenvalue weighted by molar-refractivity contribution is 7.12. The maximum absolute atomic E-state index is 10.5. The van der Waals surface area contributed by atoms with Gasteiger partial charge < -0.3 is 10.4 Å². The molecule has 0 saturated carbocycles. The summed E-state index contributed by atoms with van der Waals surface area (Å²) in [5, 5.41) is 12.3. The lowest BCUT2D eigenvalue weighted by Gasteiger charge is -1.92. The summed E-state index contributed by atoms with van der Waals surface area (Å²) in [5.74, 6) is -0.0511. The maximum atomic E-state index is 10.5. The molecular formula is C9H12N2O2S. The van der Waals surface area contributed by atoms with Gasteiger partial charge in [0.25, 0.3) is 0 Å². The van der Waals surface area contributed by atoms with Gasteiger partial charge in [-0.3, -0.25) is 4.79 Å². The Labute approximate surface area is 86.3 Å². The summed E-state index contributed by atoms with van der Waals surface area (Å²) in [6.45, 7) is 2.00. The third kappa shape index (κ3) is 3.68. The summed E-state index contributed by atoms with van der Waals surface area (Å²) >= 11 is 1.43. The molecule has 0 aliphatic rings. The lowest BCUT2D eigenvalue weighted by atomic mass is 10.5. The lowest BCUT2D eigenvalue weighted by Crippen LogP contribution is -2.19. The van der Waals surface area contributed by atoms with Crippen molar-refractivity contribution in [3.05, 3.63) is 22.2 Å². The molecule has 0 radical (unpaired) electrons. The molecule has 1 amide bonds. The molecule has 4 nitrogen and oxygen atoms in total. The van der Waals surface area contributed by atoms with Crippen molar-refractivity contribution in [2.75, 3.05) is 6.54 Å². The van der Waals surface area contributed by atoms with Crippen molar-refractivity contribution in [3.63, 3.8) is 0 Å². The molecule has 0 spiro atoms. The molecule has 0 aliphatic carbocycles. The molecule has 0 atom stereocenters. The Morgan fingerprint density at radius 2 is 2.57 bits per heavy atom. The molecule has 0 bridgehead atoms. The third-order valence-electron chi connectivity index (χ3n) is 1.46. The average Bonchev–Trinajstić information content (AvgIpc) is 2.60. The Balaban J connectivity index is 2.39. The van der Waals surface area contributed by atoms with Crippen molar-refractivity contribution in [1.29, 1.82) is 0 Å². The second-order valence-electron chi connectivity index (χ2n) is 2.66. The van der Waals surface area contributed by atoms with Gasteiger partial charge in [0.2, 0.25) is 5.91 Å². The van der Waals surface area contributed by atoms with E-state index in [-0.39, 0.29) is 12.5 Å². The van der Waals surface area contributed by atoms with Gasteiger partial charge in [0.1, 0.15) is 5.01 Å². The molecule has 14 heavy (non-hydrogen) atoms. The molecule has 0 aromatic carbocycles. The van der Waals surface area contributed by atoms with Crippen LogP contribution in [0.4, 0.5) is 0 Å². The zero-order chi connectivity index (χ0) is 10.4. The molecule has 0 unspecified atom stereocenters. The van der Waals surface area contributed by atoms with Crippen LogP contribution in [0.5, 0.6) is 0 Å². The van der Waals surface area contributed by atoms with Crippen LogP contribution in [-0.4, -0.2) is 22.5 Å². The van der Waals surface area contributed by atoms with E-state index in [0.29, 0.717) is 6.54 Å². The summed E-state index contributed by atoms with van der Waals surface area (Å²) in [5.41, 5.74) is 0. The molecule has 0 fully saturated rings. The topological polar surface area (TPSA) is 62.2 Å². The standard InChI is InChI=1S/C9H12N2O2S/c1-7(13)10-4-2-3-9-11-5-8(6-12)14-9/h2-3,5,12H,4,6H2,1H3,(H,10,13). The van der Waals surface area contributed by atoms with Crippen molar-refractivity contribution < 1.29 is 9.90 Å². The van der Waals surface area contributed by atoms with Gasteiger partial charge in [-0.05, 0) is 6.08 Å². The van der Waals surface area contributed by atoms with E-state index in [9.17, 15) is 4.79 Å². The highest BCUT2D eigenvalue weighted by atomic mass is 32.1. The fraction of sp³-hybridized carbons (Fsp3) is 0.333. The van der Waals surface area contributed by atoms with E-state index in [0.717, 1.165) is 9.88 Å². The van der Waals surface area contributed by atoms with Gasteiger partial charge in [0.15, 0.2) is 0 Å². The van der Waals surface area contributed by atoms with Crippen LogP contribution < -0.4 is 5.32 Å². The number of aliphatic hydroxyl groups excluding tert-OH is 1. The summed E-state index contributed by atoms with van der Waals surface area (Å²) < 4.78 is 0. The summed E-state index contributed by atoms with van der Waals surface area (Å²) in [4.78, 5) is 15.4. The van der Waals surface area contributed by atoms with E-state index in [2.05, 4.69) is 10.3 Å². The van der Waals surface area contributed by atoms with Crippen LogP contribution in [0.1, 0.15) is 16.8 Å². The Morgan fingerprint density at radius 1 is 1.79 bits per heavy atom. The van der Waals surface area contributed by atoms with Gasteiger partial charge in [-0.15, -0.1) is 11.3 Å². The van der Waals surface area contributed by atoms with Gasteiger partial charge >= 0.3 is 0 Å². The highest BCUT2D eigenvalue weighted by Crippen LogP contribution is 2.13. The van der Waals surface area contributed by atoms with E-state index in [1.807, 2.05) is 12.2 Å². The monoisotopic (exact) mass is 212 g/mol. The first kappa shape index (κ1) is 10.9. The van der Waals surface area contributed by atoms with Crippen LogP contribution in [0.15, 0.2) is 12.3 Å². The van der Waals surface area contributed by atoms with E-state index in [1.54, 1.807) is 6.20 Å². The van der Waals surface area contributed by atoms with E-state index >= 15 is 0 Å². The Hall–Kier alpha value is -1.20. The smallest absolute Gasteiger partial charge is 0.217 e. The number of aromatic nitrogens is 1. The van der Waals surface area contributed by atoms with E-state index in [1.165, 1.54) is 18.3 Å². The van der Waals surface area contributed by atoms with Crippen molar-refractivity contribution in [1.82, 2.24) is 10.3 Å². The summed E-state index contributed by atoms with van der Waals surface area (Å²) in [6.07, 6.45) is 5.28. The first-order valence-corrected chi connectivity index (χ1v) is 5.00. The number of carbonyl (C=O) groups excluding carboxylic acids is 1. The predicted octanol–water partition coefficient (Wildman–Crippen LogP) is 0.785. The third-order valence-corrected chi connectivity index (χ3v) is 2.40. The van der Waals surface area contributed by atoms with Crippen LogP contribution in [0.2, 0.25) is 0 Å². The van der Waals surface area contributed by atoms with Gasteiger partial charge in [0.05, 0.1) is 11.5 Å². The van der Waals surface area contributed by atoms with E-state index < -0.39 is 0 Å². The molecule has 2 N–H and O–H groups in total. The number of amides is 1. The van der Waals surface area contributed by atoms with Gasteiger partial charge in [0, 0.05) is 19.7 Å². The Kier molecular flexibility index (Phi) is 4.28. The maximum Gasteiger partial charge on any atom is 0.217 e. The van der Waals surface area contributed by atoms with E-state index in [4.69, 9.17) is 5.11 Å². The highest BCUT2D eigenvalue weighted by Gasteiger charge is 1.95. The van der Waals surface area contributed by atoms with Crippen molar-refractivity contribution in [2.24, 2.45) is 0 Å². The zero-order valence-electron chi connectivity index (χ0n) is 7.86. The number of nitrogens with zero attached hydrogens (tertiary/aromatic N) is 1. The Bertz CT molecular complexity index is 333. The number of aliphatic hydroxyl groups is 1. The van der Waals surface area contributed by atoms with Gasteiger partial charge in [-0.2, -0.15) is 0 Å². The SMILES string of the molecule is CC(=O)NCC=Cc1ncc(CO)s1. The molecule has 1 aromatic rings. The predicted molar refractivity (Wildman–Crippen MR) is 55.8 cm³/mol. The number of hydrogen-bond acceptors (Lipinski definition) is 4. The molecule has 0 aliphatic heterocycles. The van der Waals surface area contributed by atoms with Crippen molar-refractivity contribution in [3.8, 4) is 0 Å². The number of carbonyl (C=O) groups is 1. The molecule has 1 aromatic heterocycles. The minimum Gasteiger partial charge on any atom is -0.391 e. The molecule has 1 heterocycles. The number of hydrogen-bond donors (Lipinski definition) is 2. The van der Waals surface area contributed by atoms with Crippen LogP contribution in [0, 0.1) is 0 Å². The van der Waals surface area contributed by atoms with Crippen molar-refractivity contribution in [2.45, 2.75) is 13.5 Å². The fourth-order valence-electron chi connectivity index (χ4n) is 0.835. The van der Waals surface area contributed by atoms with Gasteiger partial charge in [-0.25, -0.2) is 4.98 Å². The first-order chi connectivity index (χ1) is 6.72. The molecular weight excluding hydrogens is 200 g/mol. The minimum atomic E-state index is -0.0511. The normalized spacial score (nSPS) is 10.7. The van der Waals surface area contributed by atoms with Gasteiger partial charge in [-0.1, -0.05) is 6.08 Å². The number of nitrogens with one attached hydrogen (secondary N) is 1. The molecule has 1 rings (SSSR count). The zero-order valence-corrected chi connectivity index (χ0v) is 8.67. The lowest BCUT2D eigenvalue weighted by molar-refractivity contribution is -0.118. The largest absolute Gasteiger partial charge is 0.391 e. The quantitative estimate of drug-likeness (QED) is 0.775. The molecule has 5 heteroatoms. The number of thiazole rings is 1. The minimum absolute atomic E-state index is 0.0250. The first-order valence-electron chi connectivity index (χ1n) is 4.19. The van der Waals surface area contributed by atoms with Crippen molar-refractivity contribution >= 4 is 23.3 Å².